The van der Waals surface area contributed by atoms with Crippen LogP contribution in [-0.2, 0) is 6.54 Å². The molecule has 0 aliphatic carbocycles. The summed E-state index contributed by atoms with van der Waals surface area (Å²) in [7, 11) is 5.76. The maximum absolute atomic E-state index is 5.38. The first-order chi connectivity index (χ1) is 7.69. The Hall–Kier alpha value is -1.22. The molecule has 1 aromatic rings. The minimum absolute atomic E-state index is 0.901. The molecule has 0 aliphatic rings. The van der Waals surface area contributed by atoms with Gasteiger partial charge in [-0.2, -0.15) is 0 Å². The summed E-state index contributed by atoms with van der Waals surface area (Å²) in [5.74, 6) is 0.931. The lowest BCUT2D eigenvalue weighted by Crippen LogP contribution is -2.14. The molecular weight excluding hydrogens is 200 g/mol. The molecule has 3 heteroatoms. The van der Waals surface area contributed by atoms with E-state index in [0.29, 0.717) is 0 Å². The molecule has 0 saturated heterocycles. The standard InChI is InChI=1S/C13H22N2O/c1-5-8-14-10-11-6-7-12(15(2)3)13(9-11)16-4/h6-7,9,14H,5,8,10H2,1-4H3. The number of hydrogen-bond acceptors (Lipinski definition) is 3. The highest BCUT2D eigenvalue weighted by atomic mass is 16.5. The summed E-state index contributed by atoms with van der Waals surface area (Å²) in [5, 5.41) is 3.38. The van der Waals surface area contributed by atoms with E-state index in [4.69, 9.17) is 4.74 Å². The number of nitrogens with one attached hydrogen (secondary N) is 1. The van der Waals surface area contributed by atoms with E-state index in [9.17, 15) is 0 Å². The van der Waals surface area contributed by atoms with Crippen LogP contribution in [0.3, 0.4) is 0 Å². The molecule has 0 aromatic heterocycles. The second-order valence-corrected chi connectivity index (χ2v) is 4.08. The lowest BCUT2D eigenvalue weighted by molar-refractivity contribution is 0.414. The topological polar surface area (TPSA) is 24.5 Å². The Bertz CT molecular complexity index is 324. The minimum Gasteiger partial charge on any atom is -0.495 e. The Kier molecular flexibility index (Phi) is 5.12. The van der Waals surface area contributed by atoms with Gasteiger partial charge < -0.3 is 15.0 Å². The molecule has 3 nitrogen and oxygen atoms in total. The highest BCUT2D eigenvalue weighted by Crippen LogP contribution is 2.27. The lowest BCUT2D eigenvalue weighted by Gasteiger charge is -2.17. The summed E-state index contributed by atoms with van der Waals surface area (Å²) in [6, 6.07) is 6.33. The lowest BCUT2D eigenvalue weighted by atomic mass is 10.1. The van der Waals surface area contributed by atoms with Crippen molar-refractivity contribution in [3.63, 3.8) is 0 Å². The number of methoxy groups -OCH3 is 1. The van der Waals surface area contributed by atoms with Crippen LogP contribution < -0.4 is 15.0 Å². The molecule has 0 bridgehead atoms. The van der Waals surface area contributed by atoms with Crippen LogP contribution in [0, 0.1) is 0 Å². The van der Waals surface area contributed by atoms with Crippen molar-refractivity contribution < 1.29 is 4.74 Å². The van der Waals surface area contributed by atoms with E-state index < -0.39 is 0 Å². The molecule has 0 amide bonds. The van der Waals surface area contributed by atoms with Gasteiger partial charge in [0.15, 0.2) is 0 Å². The molecule has 0 fully saturated rings. The number of benzene rings is 1. The molecule has 0 heterocycles. The number of hydrogen-bond donors (Lipinski definition) is 1. The zero-order valence-electron chi connectivity index (χ0n) is 10.7. The Balaban J connectivity index is 2.74. The fourth-order valence-electron chi connectivity index (χ4n) is 1.61. The number of nitrogens with zero attached hydrogens (tertiary/aromatic N) is 1. The van der Waals surface area contributed by atoms with Crippen LogP contribution in [0.5, 0.6) is 5.75 Å². The van der Waals surface area contributed by atoms with E-state index >= 15 is 0 Å². The number of rotatable bonds is 6. The van der Waals surface area contributed by atoms with Crippen molar-refractivity contribution >= 4 is 5.69 Å². The van der Waals surface area contributed by atoms with Gasteiger partial charge in [-0.1, -0.05) is 13.0 Å². The van der Waals surface area contributed by atoms with Crippen LogP contribution in [0.4, 0.5) is 5.69 Å². The molecule has 0 atom stereocenters. The molecule has 0 radical (unpaired) electrons. The fourth-order valence-corrected chi connectivity index (χ4v) is 1.61. The Morgan fingerprint density at radius 3 is 2.62 bits per heavy atom. The molecule has 0 unspecified atom stereocenters. The van der Waals surface area contributed by atoms with Crippen molar-refractivity contribution in [2.24, 2.45) is 0 Å². The number of ether oxygens (including phenoxy) is 1. The predicted molar refractivity (Wildman–Crippen MR) is 69.3 cm³/mol. The molecule has 1 aromatic carbocycles. The van der Waals surface area contributed by atoms with Gasteiger partial charge in [-0.3, -0.25) is 0 Å². The van der Waals surface area contributed by atoms with E-state index in [1.54, 1.807) is 7.11 Å². The van der Waals surface area contributed by atoms with Crippen LogP contribution in [0.1, 0.15) is 18.9 Å². The highest BCUT2D eigenvalue weighted by Gasteiger charge is 2.05. The highest BCUT2D eigenvalue weighted by molar-refractivity contribution is 5.58. The van der Waals surface area contributed by atoms with Crippen molar-refractivity contribution in [1.82, 2.24) is 5.32 Å². The minimum atomic E-state index is 0.901. The Morgan fingerprint density at radius 2 is 2.06 bits per heavy atom. The molecule has 90 valence electrons. The van der Waals surface area contributed by atoms with E-state index in [-0.39, 0.29) is 0 Å². The first-order valence-corrected chi connectivity index (χ1v) is 5.74. The van der Waals surface area contributed by atoms with E-state index in [1.807, 2.05) is 14.1 Å². The molecule has 1 rings (SSSR count). The third kappa shape index (κ3) is 3.42. The van der Waals surface area contributed by atoms with Gasteiger partial charge in [-0.05, 0) is 30.7 Å². The van der Waals surface area contributed by atoms with Crippen molar-refractivity contribution in [2.45, 2.75) is 19.9 Å². The molecular formula is C13H22N2O. The predicted octanol–water partition coefficient (Wildman–Crippen LogP) is 2.26. The van der Waals surface area contributed by atoms with Crippen molar-refractivity contribution in [3.8, 4) is 5.75 Å². The summed E-state index contributed by atoms with van der Waals surface area (Å²) in [5.41, 5.74) is 2.37. The fraction of sp³-hybridized carbons (Fsp3) is 0.538. The van der Waals surface area contributed by atoms with E-state index in [2.05, 4.69) is 35.3 Å². The summed E-state index contributed by atoms with van der Waals surface area (Å²) in [4.78, 5) is 2.06. The summed E-state index contributed by atoms with van der Waals surface area (Å²) in [6.07, 6.45) is 1.16. The van der Waals surface area contributed by atoms with Gasteiger partial charge in [0.25, 0.3) is 0 Å². The molecule has 1 N–H and O–H groups in total. The zero-order chi connectivity index (χ0) is 12.0. The second kappa shape index (κ2) is 6.38. The van der Waals surface area contributed by atoms with Crippen LogP contribution in [0.2, 0.25) is 0 Å². The van der Waals surface area contributed by atoms with Crippen LogP contribution in [-0.4, -0.2) is 27.7 Å². The van der Waals surface area contributed by atoms with Gasteiger partial charge in [0.2, 0.25) is 0 Å². The van der Waals surface area contributed by atoms with Crippen LogP contribution in [0.15, 0.2) is 18.2 Å². The monoisotopic (exact) mass is 222 g/mol. The number of anilines is 1. The van der Waals surface area contributed by atoms with Gasteiger partial charge >= 0.3 is 0 Å². The summed E-state index contributed by atoms with van der Waals surface area (Å²) < 4.78 is 5.38. The smallest absolute Gasteiger partial charge is 0.142 e. The van der Waals surface area contributed by atoms with Gasteiger partial charge in [-0.15, -0.1) is 0 Å². The third-order valence-corrected chi connectivity index (χ3v) is 2.48. The van der Waals surface area contributed by atoms with E-state index in [1.165, 1.54) is 5.56 Å². The van der Waals surface area contributed by atoms with Gasteiger partial charge in [0, 0.05) is 20.6 Å². The van der Waals surface area contributed by atoms with Crippen molar-refractivity contribution in [1.29, 1.82) is 0 Å². The van der Waals surface area contributed by atoms with Crippen LogP contribution in [0.25, 0.3) is 0 Å². The molecule has 0 aliphatic heterocycles. The molecule has 0 saturated carbocycles. The molecule has 16 heavy (non-hydrogen) atoms. The summed E-state index contributed by atoms with van der Waals surface area (Å²) in [6.45, 7) is 4.12. The average molecular weight is 222 g/mol. The molecule has 0 spiro atoms. The first-order valence-electron chi connectivity index (χ1n) is 5.74. The van der Waals surface area contributed by atoms with Crippen molar-refractivity contribution in [2.75, 3.05) is 32.6 Å². The Morgan fingerprint density at radius 1 is 1.31 bits per heavy atom. The zero-order valence-corrected chi connectivity index (χ0v) is 10.7. The first kappa shape index (κ1) is 12.8. The van der Waals surface area contributed by atoms with Gasteiger partial charge in [-0.25, -0.2) is 0 Å². The summed E-state index contributed by atoms with van der Waals surface area (Å²) >= 11 is 0. The maximum Gasteiger partial charge on any atom is 0.142 e. The second-order valence-electron chi connectivity index (χ2n) is 4.08. The third-order valence-electron chi connectivity index (χ3n) is 2.48. The van der Waals surface area contributed by atoms with Crippen molar-refractivity contribution in [3.05, 3.63) is 23.8 Å². The van der Waals surface area contributed by atoms with E-state index in [0.717, 1.165) is 30.9 Å². The van der Waals surface area contributed by atoms with Gasteiger partial charge in [0.1, 0.15) is 5.75 Å². The largest absolute Gasteiger partial charge is 0.495 e. The Labute approximate surface area is 98.4 Å². The van der Waals surface area contributed by atoms with Gasteiger partial charge in [0.05, 0.1) is 12.8 Å². The SMILES string of the molecule is CCCNCc1ccc(N(C)C)c(OC)c1. The average Bonchev–Trinajstić information content (AvgIpc) is 2.29. The maximum atomic E-state index is 5.38. The quantitative estimate of drug-likeness (QED) is 0.747. The van der Waals surface area contributed by atoms with Crippen LogP contribution >= 0.6 is 0 Å². The normalized spacial score (nSPS) is 10.2.